The van der Waals surface area contributed by atoms with E-state index in [9.17, 15) is 22.0 Å². The van der Waals surface area contributed by atoms with E-state index in [1.165, 1.54) is 15.3 Å². The molecule has 0 aliphatic carbocycles. The molecule has 0 atom stereocenters. The number of anilines is 1. The molecule has 5 nitrogen and oxygen atoms in total. The normalized spacial score (nSPS) is 19.0. The van der Waals surface area contributed by atoms with Crippen LogP contribution in [0.25, 0.3) is 0 Å². The van der Waals surface area contributed by atoms with E-state index in [4.69, 9.17) is 0 Å². The fourth-order valence-electron chi connectivity index (χ4n) is 4.60. The molecule has 4 rings (SSSR count). The molecule has 0 unspecified atom stereocenters. The molecule has 0 N–H and O–H groups in total. The Kier molecular flexibility index (Phi) is 5.40. The minimum Gasteiger partial charge on any atom is -0.311 e. The molecule has 1 saturated heterocycles. The second-order valence-corrected chi connectivity index (χ2v) is 10.1. The summed E-state index contributed by atoms with van der Waals surface area (Å²) >= 11 is 0. The van der Waals surface area contributed by atoms with Crippen LogP contribution < -0.4 is 4.90 Å². The first-order chi connectivity index (χ1) is 14.3. The van der Waals surface area contributed by atoms with E-state index >= 15 is 0 Å². The molecular weight excluding hydrogens is 410 g/mol. The lowest BCUT2D eigenvalue weighted by Gasteiger charge is -2.42. The fraction of sp³-hybridized carbons (Fsp3) is 0.409. The van der Waals surface area contributed by atoms with Crippen LogP contribution in [0.2, 0.25) is 0 Å². The van der Waals surface area contributed by atoms with Crippen molar-refractivity contribution in [3.63, 3.8) is 0 Å². The van der Waals surface area contributed by atoms with E-state index < -0.39 is 27.1 Å². The van der Waals surface area contributed by atoms with Crippen LogP contribution in [0.1, 0.15) is 30.9 Å². The smallest absolute Gasteiger partial charge is 0.237 e. The fourth-order valence-corrected chi connectivity index (χ4v) is 5.71. The molecule has 2 aromatic carbocycles. The number of hydrogen-bond acceptors (Lipinski definition) is 3. The number of carbonyl (C=O) groups is 1. The molecular formula is C22H24F2N2O3S. The maximum absolute atomic E-state index is 14.2. The number of halogens is 2. The van der Waals surface area contributed by atoms with Crippen molar-refractivity contribution in [3.05, 3.63) is 65.2 Å². The number of nitrogens with zero attached hydrogens (tertiary/aromatic N) is 2. The summed E-state index contributed by atoms with van der Waals surface area (Å²) in [6.45, 7) is 2.34. The lowest BCUT2D eigenvalue weighted by atomic mass is 9.72. The molecule has 2 aromatic rings. The Bertz CT molecular complexity index is 1070. The van der Waals surface area contributed by atoms with Crippen molar-refractivity contribution in [1.29, 1.82) is 0 Å². The summed E-state index contributed by atoms with van der Waals surface area (Å²) in [5.74, 6) is -1.58. The van der Waals surface area contributed by atoms with Crippen LogP contribution in [-0.4, -0.2) is 44.0 Å². The molecule has 2 heterocycles. The molecule has 160 valence electrons. The van der Waals surface area contributed by atoms with E-state index in [1.54, 1.807) is 6.92 Å². The third-order valence-electron chi connectivity index (χ3n) is 6.33. The van der Waals surface area contributed by atoms with Crippen molar-refractivity contribution in [1.82, 2.24) is 4.31 Å². The Hall–Kier alpha value is -2.32. The summed E-state index contributed by atoms with van der Waals surface area (Å²) in [6, 6.07) is 11.3. The van der Waals surface area contributed by atoms with Crippen LogP contribution in [-0.2, 0) is 26.7 Å². The van der Waals surface area contributed by atoms with Gasteiger partial charge in [-0.25, -0.2) is 21.5 Å². The molecule has 0 bridgehead atoms. The average molecular weight is 435 g/mol. The number of carbonyl (C=O) groups excluding carboxylic acids is 1. The van der Waals surface area contributed by atoms with Gasteiger partial charge in [-0.2, -0.15) is 0 Å². The summed E-state index contributed by atoms with van der Waals surface area (Å²) in [5, 5.41) is 0. The number of hydrogen-bond donors (Lipinski definition) is 0. The largest absolute Gasteiger partial charge is 0.311 e. The third kappa shape index (κ3) is 3.41. The first kappa shape index (κ1) is 20.9. The van der Waals surface area contributed by atoms with Crippen molar-refractivity contribution in [2.24, 2.45) is 0 Å². The van der Waals surface area contributed by atoms with Gasteiger partial charge in [-0.15, -0.1) is 0 Å². The molecule has 2 aliphatic rings. The van der Waals surface area contributed by atoms with Gasteiger partial charge in [0.25, 0.3) is 0 Å². The number of amides is 1. The van der Waals surface area contributed by atoms with Gasteiger partial charge in [0.1, 0.15) is 11.6 Å². The van der Waals surface area contributed by atoms with Gasteiger partial charge in [0.2, 0.25) is 15.9 Å². The number of rotatable bonds is 4. The van der Waals surface area contributed by atoms with E-state index in [-0.39, 0.29) is 37.0 Å². The zero-order valence-corrected chi connectivity index (χ0v) is 17.6. The van der Waals surface area contributed by atoms with Crippen LogP contribution in [0.3, 0.4) is 0 Å². The van der Waals surface area contributed by atoms with Crippen LogP contribution >= 0.6 is 0 Å². The van der Waals surface area contributed by atoms with Crippen molar-refractivity contribution < 1.29 is 22.0 Å². The highest BCUT2D eigenvalue weighted by atomic mass is 32.2. The summed E-state index contributed by atoms with van der Waals surface area (Å²) in [6.07, 6.45) is 0.964. The third-order valence-corrected chi connectivity index (χ3v) is 8.21. The molecule has 0 radical (unpaired) electrons. The van der Waals surface area contributed by atoms with Gasteiger partial charge in [0.05, 0.1) is 16.9 Å². The highest BCUT2D eigenvalue weighted by molar-refractivity contribution is 7.89. The van der Waals surface area contributed by atoms with E-state index in [0.717, 1.165) is 11.6 Å². The molecule has 8 heteroatoms. The standard InChI is InChI=1S/C22H24F2N2O3S/c1-2-30(28,29)25-12-9-22(10-13-25,16-6-4-3-5-7-16)21(27)26-11-8-18-19(24)14-17(23)15-20(18)26/h3-7,14-15H,2,8-13H2,1H3. The molecule has 2 aliphatic heterocycles. The summed E-state index contributed by atoms with van der Waals surface area (Å²) in [5.41, 5.74) is 0.482. The predicted octanol–water partition coefficient (Wildman–Crippen LogP) is 3.24. The maximum atomic E-state index is 14.2. The molecule has 0 saturated carbocycles. The zero-order valence-electron chi connectivity index (χ0n) is 16.8. The minimum atomic E-state index is -3.35. The predicted molar refractivity (Wildman–Crippen MR) is 111 cm³/mol. The number of fused-ring (bicyclic) bond motifs is 1. The van der Waals surface area contributed by atoms with Gasteiger partial charge >= 0.3 is 0 Å². The van der Waals surface area contributed by atoms with Crippen LogP contribution in [0.5, 0.6) is 0 Å². The van der Waals surface area contributed by atoms with Gasteiger partial charge in [0, 0.05) is 31.3 Å². The quantitative estimate of drug-likeness (QED) is 0.743. The second-order valence-electron chi connectivity index (χ2n) is 7.84. The molecule has 1 amide bonds. The van der Waals surface area contributed by atoms with E-state index in [1.807, 2.05) is 30.3 Å². The van der Waals surface area contributed by atoms with Gasteiger partial charge in [-0.05, 0) is 37.8 Å². The van der Waals surface area contributed by atoms with Crippen LogP contribution in [0.4, 0.5) is 14.5 Å². The average Bonchev–Trinajstić information content (AvgIpc) is 3.18. The first-order valence-corrected chi connectivity index (χ1v) is 11.7. The molecule has 1 fully saturated rings. The Morgan fingerprint density at radius 1 is 1.07 bits per heavy atom. The number of benzene rings is 2. The topological polar surface area (TPSA) is 57.7 Å². The van der Waals surface area contributed by atoms with Crippen LogP contribution in [0.15, 0.2) is 42.5 Å². The van der Waals surface area contributed by atoms with Gasteiger partial charge in [-0.1, -0.05) is 30.3 Å². The van der Waals surface area contributed by atoms with Crippen LogP contribution in [0, 0.1) is 11.6 Å². The number of piperidine rings is 1. The van der Waals surface area contributed by atoms with E-state index in [0.29, 0.717) is 24.8 Å². The summed E-state index contributed by atoms with van der Waals surface area (Å²) in [4.78, 5) is 15.3. The zero-order chi connectivity index (χ0) is 21.5. The highest BCUT2D eigenvalue weighted by Gasteiger charge is 2.48. The van der Waals surface area contributed by atoms with Gasteiger partial charge < -0.3 is 4.90 Å². The lowest BCUT2D eigenvalue weighted by molar-refractivity contribution is -0.125. The van der Waals surface area contributed by atoms with Crippen molar-refractivity contribution >= 4 is 21.6 Å². The Morgan fingerprint density at radius 3 is 2.37 bits per heavy atom. The Labute approximate surface area is 175 Å². The van der Waals surface area contributed by atoms with Crippen molar-refractivity contribution in [2.75, 3.05) is 30.3 Å². The Morgan fingerprint density at radius 2 is 1.73 bits per heavy atom. The summed E-state index contributed by atoms with van der Waals surface area (Å²) < 4.78 is 54.2. The maximum Gasteiger partial charge on any atom is 0.237 e. The molecule has 0 aromatic heterocycles. The molecule has 30 heavy (non-hydrogen) atoms. The van der Waals surface area contributed by atoms with Crippen molar-refractivity contribution in [2.45, 2.75) is 31.6 Å². The SMILES string of the molecule is CCS(=O)(=O)N1CCC(C(=O)N2CCc3c(F)cc(F)cc32)(c2ccccc2)CC1. The monoisotopic (exact) mass is 434 g/mol. The highest BCUT2D eigenvalue weighted by Crippen LogP contribution is 2.41. The number of sulfonamides is 1. The lowest BCUT2D eigenvalue weighted by Crippen LogP contribution is -2.54. The van der Waals surface area contributed by atoms with E-state index in [2.05, 4.69) is 0 Å². The first-order valence-electron chi connectivity index (χ1n) is 10.1. The second kappa shape index (κ2) is 7.74. The Balaban J connectivity index is 1.72. The van der Waals surface area contributed by atoms with Gasteiger partial charge in [0.15, 0.2) is 0 Å². The molecule has 0 spiro atoms. The van der Waals surface area contributed by atoms with Crippen molar-refractivity contribution in [3.8, 4) is 0 Å². The summed E-state index contributed by atoms with van der Waals surface area (Å²) in [7, 11) is -3.35. The van der Waals surface area contributed by atoms with Gasteiger partial charge in [-0.3, -0.25) is 4.79 Å². The minimum absolute atomic E-state index is 0.0112.